The molecule has 1 aromatic carbocycles. The molecular formula is C14H17NO3. The monoisotopic (exact) mass is 247 g/mol. The number of carbonyl (C=O) groups is 1. The van der Waals surface area contributed by atoms with Crippen molar-refractivity contribution >= 4 is 5.78 Å². The van der Waals surface area contributed by atoms with Crippen molar-refractivity contribution in [2.24, 2.45) is 0 Å². The lowest BCUT2D eigenvalue weighted by Gasteiger charge is -2.22. The van der Waals surface area contributed by atoms with E-state index in [1.165, 1.54) is 0 Å². The van der Waals surface area contributed by atoms with Crippen LogP contribution in [0.5, 0.6) is 5.75 Å². The van der Waals surface area contributed by atoms with Gasteiger partial charge in [0.05, 0.1) is 12.7 Å². The van der Waals surface area contributed by atoms with Gasteiger partial charge in [0.2, 0.25) is 0 Å². The fraction of sp³-hybridized carbons (Fsp3) is 0.500. The molecule has 1 saturated carbocycles. The Balaban J connectivity index is 1.71. The van der Waals surface area contributed by atoms with Gasteiger partial charge < -0.3 is 14.8 Å². The Bertz CT molecular complexity index is 436. The Labute approximate surface area is 106 Å². The topological polar surface area (TPSA) is 47.6 Å². The Morgan fingerprint density at radius 3 is 3.00 bits per heavy atom. The predicted octanol–water partition coefficient (Wildman–Crippen LogP) is 1.40. The summed E-state index contributed by atoms with van der Waals surface area (Å²) in [6, 6.07) is 7.40. The van der Waals surface area contributed by atoms with Crippen LogP contribution in [0.25, 0.3) is 0 Å². The van der Waals surface area contributed by atoms with E-state index in [1.807, 2.05) is 24.3 Å². The molecule has 1 N–H and O–H groups in total. The van der Waals surface area contributed by atoms with Crippen molar-refractivity contribution in [3.63, 3.8) is 0 Å². The first-order chi connectivity index (χ1) is 8.83. The molecule has 0 aromatic heterocycles. The molecule has 4 nitrogen and oxygen atoms in total. The van der Waals surface area contributed by atoms with Crippen LogP contribution in [-0.2, 0) is 4.74 Å². The fourth-order valence-corrected chi connectivity index (χ4v) is 2.02. The molecule has 1 heterocycles. The number of carbonyl (C=O) groups excluding carboxylic acids is 1. The number of ketones is 1. The number of hydrogen-bond acceptors (Lipinski definition) is 4. The first kappa shape index (κ1) is 11.7. The molecule has 1 aromatic rings. The average Bonchev–Trinajstić information content (AvgIpc) is 3.23. The SMILES string of the molecule is O=C(c1cccc(OC2CC2)c1)C1CNCCO1. The Morgan fingerprint density at radius 1 is 1.39 bits per heavy atom. The first-order valence-electron chi connectivity index (χ1n) is 6.46. The Morgan fingerprint density at radius 2 is 2.28 bits per heavy atom. The molecule has 1 aliphatic carbocycles. The zero-order valence-corrected chi connectivity index (χ0v) is 10.2. The standard InChI is InChI=1S/C14H17NO3/c16-14(13-9-15-6-7-17-13)10-2-1-3-12(8-10)18-11-4-5-11/h1-3,8,11,13,15H,4-7,9H2. The molecule has 0 spiro atoms. The van der Waals surface area contributed by atoms with Crippen molar-refractivity contribution in [3.05, 3.63) is 29.8 Å². The van der Waals surface area contributed by atoms with Gasteiger partial charge in [-0.05, 0) is 25.0 Å². The van der Waals surface area contributed by atoms with E-state index >= 15 is 0 Å². The second kappa shape index (κ2) is 5.08. The molecule has 0 bridgehead atoms. The van der Waals surface area contributed by atoms with Crippen LogP contribution in [0.15, 0.2) is 24.3 Å². The number of Topliss-reactive ketones (excluding diaryl/α,β-unsaturated/α-hetero) is 1. The van der Waals surface area contributed by atoms with Gasteiger partial charge in [-0.3, -0.25) is 4.79 Å². The van der Waals surface area contributed by atoms with Crippen LogP contribution < -0.4 is 10.1 Å². The fourth-order valence-electron chi connectivity index (χ4n) is 2.02. The average molecular weight is 247 g/mol. The summed E-state index contributed by atoms with van der Waals surface area (Å²) in [5.41, 5.74) is 0.668. The largest absolute Gasteiger partial charge is 0.490 e. The van der Waals surface area contributed by atoms with Gasteiger partial charge >= 0.3 is 0 Å². The van der Waals surface area contributed by atoms with Gasteiger partial charge in [0.25, 0.3) is 0 Å². The molecule has 1 atom stereocenters. The highest BCUT2D eigenvalue weighted by atomic mass is 16.5. The number of morpholine rings is 1. The molecule has 4 heteroatoms. The van der Waals surface area contributed by atoms with Crippen LogP contribution in [0, 0.1) is 0 Å². The van der Waals surface area contributed by atoms with Gasteiger partial charge in [0.1, 0.15) is 11.9 Å². The summed E-state index contributed by atoms with van der Waals surface area (Å²) in [5.74, 6) is 0.815. The summed E-state index contributed by atoms with van der Waals surface area (Å²) in [6.45, 7) is 2.00. The van der Waals surface area contributed by atoms with E-state index in [1.54, 1.807) is 0 Å². The highest BCUT2D eigenvalue weighted by Gasteiger charge is 2.25. The maximum atomic E-state index is 12.2. The van der Waals surface area contributed by atoms with Crippen LogP contribution in [0.1, 0.15) is 23.2 Å². The summed E-state index contributed by atoms with van der Waals surface area (Å²) in [7, 11) is 0. The van der Waals surface area contributed by atoms with Gasteiger partial charge in [0.15, 0.2) is 5.78 Å². The molecular weight excluding hydrogens is 230 g/mol. The number of rotatable bonds is 4. The van der Waals surface area contributed by atoms with Crippen LogP contribution in [0.4, 0.5) is 0 Å². The van der Waals surface area contributed by atoms with Crippen molar-refractivity contribution < 1.29 is 14.3 Å². The molecule has 0 amide bonds. The number of benzene rings is 1. The van der Waals surface area contributed by atoms with Gasteiger partial charge in [-0.15, -0.1) is 0 Å². The third-order valence-corrected chi connectivity index (χ3v) is 3.17. The summed E-state index contributed by atoms with van der Waals surface area (Å²) < 4.78 is 11.2. The zero-order chi connectivity index (χ0) is 12.4. The molecule has 0 radical (unpaired) electrons. The molecule has 96 valence electrons. The maximum absolute atomic E-state index is 12.2. The molecule has 2 aliphatic rings. The highest BCUT2D eigenvalue weighted by Crippen LogP contribution is 2.27. The van der Waals surface area contributed by atoms with Crippen LogP contribution in [-0.4, -0.2) is 37.7 Å². The summed E-state index contributed by atoms with van der Waals surface area (Å²) >= 11 is 0. The van der Waals surface area contributed by atoms with Gasteiger partial charge in [-0.1, -0.05) is 12.1 Å². The van der Waals surface area contributed by atoms with Crippen LogP contribution in [0.2, 0.25) is 0 Å². The summed E-state index contributed by atoms with van der Waals surface area (Å²) in [6.07, 6.45) is 2.22. The number of hydrogen-bond donors (Lipinski definition) is 1. The van der Waals surface area contributed by atoms with E-state index in [4.69, 9.17) is 9.47 Å². The van der Waals surface area contributed by atoms with Crippen molar-refractivity contribution in [2.75, 3.05) is 19.7 Å². The minimum atomic E-state index is -0.366. The molecule has 1 saturated heterocycles. The second-order valence-electron chi connectivity index (χ2n) is 4.77. The highest BCUT2D eigenvalue weighted by molar-refractivity contribution is 6.00. The molecule has 1 aliphatic heterocycles. The van der Waals surface area contributed by atoms with E-state index in [2.05, 4.69) is 5.32 Å². The van der Waals surface area contributed by atoms with E-state index < -0.39 is 0 Å². The lowest BCUT2D eigenvalue weighted by Crippen LogP contribution is -2.43. The lowest BCUT2D eigenvalue weighted by atomic mass is 10.1. The van der Waals surface area contributed by atoms with Crippen LogP contribution >= 0.6 is 0 Å². The molecule has 3 rings (SSSR count). The third kappa shape index (κ3) is 2.71. The summed E-state index contributed by atoms with van der Waals surface area (Å²) in [5, 5.41) is 3.17. The van der Waals surface area contributed by atoms with Crippen molar-refractivity contribution in [1.82, 2.24) is 5.32 Å². The van der Waals surface area contributed by atoms with Gasteiger partial charge in [-0.25, -0.2) is 0 Å². The minimum absolute atomic E-state index is 0.0310. The first-order valence-corrected chi connectivity index (χ1v) is 6.46. The molecule has 18 heavy (non-hydrogen) atoms. The third-order valence-electron chi connectivity index (χ3n) is 3.17. The predicted molar refractivity (Wildman–Crippen MR) is 67.0 cm³/mol. The quantitative estimate of drug-likeness (QED) is 0.817. The normalized spacial score (nSPS) is 23.7. The zero-order valence-electron chi connectivity index (χ0n) is 10.2. The van der Waals surface area contributed by atoms with Crippen molar-refractivity contribution in [3.8, 4) is 5.75 Å². The minimum Gasteiger partial charge on any atom is -0.490 e. The summed E-state index contributed by atoms with van der Waals surface area (Å²) in [4.78, 5) is 12.2. The van der Waals surface area contributed by atoms with Crippen molar-refractivity contribution in [2.45, 2.75) is 25.0 Å². The molecule has 1 unspecified atom stereocenters. The lowest BCUT2D eigenvalue weighted by molar-refractivity contribution is 0.0269. The smallest absolute Gasteiger partial charge is 0.192 e. The van der Waals surface area contributed by atoms with E-state index in [9.17, 15) is 4.79 Å². The molecule has 2 fully saturated rings. The van der Waals surface area contributed by atoms with Crippen LogP contribution in [0.3, 0.4) is 0 Å². The van der Waals surface area contributed by atoms with E-state index in [0.717, 1.165) is 25.1 Å². The number of ether oxygens (including phenoxy) is 2. The number of nitrogens with one attached hydrogen (secondary N) is 1. The van der Waals surface area contributed by atoms with Gasteiger partial charge in [-0.2, -0.15) is 0 Å². The van der Waals surface area contributed by atoms with Gasteiger partial charge in [0, 0.05) is 18.7 Å². The Hall–Kier alpha value is -1.39. The Kier molecular flexibility index (Phi) is 3.30. The maximum Gasteiger partial charge on any atom is 0.192 e. The van der Waals surface area contributed by atoms with E-state index in [-0.39, 0.29) is 11.9 Å². The van der Waals surface area contributed by atoms with E-state index in [0.29, 0.717) is 24.8 Å². The van der Waals surface area contributed by atoms with Crippen molar-refractivity contribution in [1.29, 1.82) is 0 Å². The second-order valence-corrected chi connectivity index (χ2v) is 4.77.